The fourth-order valence-electron chi connectivity index (χ4n) is 3.09. The average molecular weight is 471 g/mol. The van der Waals surface area contributed by atoms with Crippen molar-refractivity contribution in [2.24, 2.45) is 0 Å². The predicted molar refractivity (Wildman–Crippen MR) is 115 cm³/mol. The first kappa shape index (κ1) is 19.4. The van der Waals surface area contributed by atoms with Crippen LogP contribution in [0.25, 0.3) is 22.1 Å². The molecule has 0 bridgehead atoms. The molecule has 3 aromatic carbocycles. The molecule has 0 radical (unpaired) electrons. The summed E-state index contributed by atoms with van der Waals surface area (Å²) in [4.78, 5) is 12.6. The highest BCUT2D eigenvalue weighted by Crippen LogP contribution is 2.30. The van der Waals surface area contributed by atoms with E-state index in [9.17, 15) is 13.2 Å². The van der Waals surface area contributed by atoms with Crippen LogP contribution >= 0.6 is 15.9 Å². The molecule has 146 valence electrons. The summed E-state index contributed by atoms with van der Waals surface area (Å²) in [5.41, 5.74) is 1.72. The van der Waals surface area contributed by atoms with Crippen molar-refractivity contribution < 1.29 is 17.0 Å². The fraction of sp³-hybridized carbons (Fsp3) is 0.0455. The largest absolute Gasteiger partial charge is 0.422 e. The van der Waals surface area contributed by atoms with Crippen molar-refractivity contribution in [2.45, 2.75) is 11.8 Å². The second-order valence-corrected chi connectivity index (χ2v) is 8.87. The topological polar surface area (TPSA) is 73.6 Å². The minimum atomic E-state index is -3.97. The van der Waals surface area contributed by atoms with E-state index in [1.54, 1.807) is 31.2 Å². The standard InChI is InChI=1S/C22H15BrO5S/c1-14-19-13-17(28-29(25,26)18-5-3-2-4-6-18)11-12-20(19)27-22(24)21(14)15-7-9-16(23)10-8-15/h2-13H,1H3. The lowest BCUT2D eigenvalue weighted by Gasteiger charge is -2.11. The van der Waals surface area contributed by atoms with Crippen LogP contribution in [0, 0.1) is 6.92 Å². The monoisotopic (exact) mass is 470 g/mol. The number of aryl methyl sites for hydroxylation is 1. The molecule has 1 aromatic heterocycles. The Kier molecular flexibility index (Phi) is 5.02. The van der Waals surface area contributed by atoms with Gasteiger partial charge in [0.05, 0.1) is 5.56 Å². The van der Waals surface area contributed by atoms with Crippen molar-refractivity contribution in [2.75, 3.05) is 0 Å². The molecule has 0 saturated heterocycles. The van der Waals surface area contributed by atoms with Gasteiger partial charge in [-0.15, -0.1) is 0 Å². The minimum Gasteiger partial charge on any atom is -0.422 e. The van der Waals surface area contributed by atoms with Crippen molar-refractivity contribution in [3.05, 3.63) is 93.3 Å². The third-order valence-corrected chi connectivity index (χ3v) is 6.30. The van der Waals surface area contributed by atoms with Crippen LogP contribution < -0.4 is 9.81 Å². The summed E-state index contributed by atoms with van der Waals surface area (Å²) < 4.78 is 36.6. The number of fused-ring (bicyclic) bond motifs is 1. The Morgan fingerprint density at radius 1 is 0.931 bits per heavy atom. The van der Waals surface area contributed by atoms with E-state index in [0.717, 1.165) is 4.47 Å². The first-order chi connectivity index (χ1) is 13.8. The molecule has 1 heterocycles. The molecule has 4 aromatic rings. The number of halogens is 1. The quantitative estimate of drug-likeness (QED) is 0.298. The Hall–Kier alpha value is -2.90. The van der Waals surface area contributed by atoms with Gasteiger partial charge in [-0.05, 0) is 60.5 Å². The van der Waals surface area contributed by atoms with E-state index < -0.39 is 15.7 Å². The summed E-state index contributed by atoms with van der Waals surface area (Å²) in [6, 6.07) is 19.8. The van der Waals surface area contributed by atoms with Crippen LogP contribution in [-0.4, -0.2) is 8.42 Å². The summed E-state index contributed by atoms with van der Waals surface area (Å²) in [7, 11) is -3.97. The van der Waals surface area contributed by atoms with Gasteiger partial charge < -0.3 is 8.60 Å². The summed E-state index contributed by atoms with van der Waals surface area (Å²) in [5, 5.41) is 0.600. The van der Waals surface area contributed by atoms with Crippen LogP contribution in [0.2, 0.25) is 0 Å². The van der Waals surface area contributed by atoms with Crippen LogP contribution in [-0.2, 0) is 10.1 Å². The highest BCUT2D eigenvalue weighted by atomic mass is 79.9. The highest BCUT2D eigenvalue weighted by molar-refractivity contribution is 9.10. The molecule has 0 aliphatic heterocycles. The van der Waals surface area contributed by atoms with Crippen molar-refractivity contribution in [3.63, 3.8) is 0 Å². The number of rotatable bonds is 4. The van der Waals surface area contributed by atoms with Crippen molar-refractivity contribution in [3.8, 4) is 16.9 Å². The summed E-state index contributed by atoms with van der Waals surface area (Å²) in [6.07, 6.45) is 0. The molecule has 7 heteroatoms. The minimum absolute atomic E-state index is 0.0620. The second-order valence-electron chi connectivity index (χ2n) is 6.40. The molecule has 0 atom stereocenters. The zero-order chi connectivity index (χ0) is 20.6. The Labute approximate surface area is 175 Å². The van der Waals surface area contributed by atoms with Crippen molar-refractivity contribution in [1.29, 1.82) is 0 Å². The Morgan fingerprint density at radius 2 is 1.62 bits per heavy atom. The maximum atomic E-state index is 12.5. The van der Waals surface area contributed by atoms with Gasteiger partial charge in [0.15, 0.2) is 0 Å². The molecule has 0 N–H and O–H groups in total. The van der Waals surface area contributed by atoms with Gasteiger partial charge in [0.2, 0.25) is 0 Å². The van der Waals surface area contributed by atoms with Gasteiger partial charge >= 0.3 is 15.7 Å². The van der Waals surface area contributed by atoms with Crippen LogP contribution in [0.4, 0.5) is 0 Å². The number of benzene rings is 3. The lowest BCUT2D eigenvalue weighted by Crippen LogP contribution is -2.10. The molecule has 0 saturated carbocycles. The van der Waals surface area contributed by atoms with Gasteiger partial charge in [-0.3, -0.25) is 0 Å². The maximum Gasteiger partial charge on any atom is 0.344 e. The van der Waals surface area contributed by atoms with E-state index in [0.29, 0.717) is 27.7 Å². The zero-order valence-electron chi connectivity index (χ0n) is 15.3. The van der Waals surface area contributed by atoms with Crippen molar-refractivity contribution >= 4 is 37.0 Å². The molecule has 4 rings (SSSR count). The number of hydrogen-bond donors (Lipinski definition) is 0. The lowest BCUT2D eigenvalue weighted by atomic mass is 10.00. The molecule has 5 nitrogen and oxygen atoms in total. The summed E-state index contributed by atoms with van der Waals surface area (Å²) in [5.74, 6) is 0.139. The average Bonchev–Trinajstić information content (AvgIpc) is 2.70. The molecule has 0 amide bonds. The van der Waals surface area contributed by atoms with Crippen LogP contribution in [0.5, 0.6) is 5.75 Å². The normalized spacial score (nSPS) is 11.5. The molecule has 0 aliphatic rings. The highest BCUT2D eigenvalue weighted by Gasteiger charge is 2.18. The van der Waals surface area contributed by atoms with Gasteiger partial charge in [-0.25, -0.2) is 4.79 Å². The zero-order valence-corrected chi connectivity index (χ0v) is 17.7. The SMILES string of the molecule is Cc1c(-c2ccc(Br)cc2)c(=O)oc2ccc(OS(=O)(=O)c3ccccc3)cc12. The number of hydrogen-bond acceptors (Lipinski definition) is 5. The van der Waals surface area contributed by atoms with E-state index in [4.69, 9.17) is 8.60 Å². The van der Waals surface area contributed by atoms with Gasteiger partial charge in [0, 0.05) is 9.86 Å². The second kappa shape index (κ2) is 7.50. The Balaban J connectivity index is 1.81. The van der Waals surface area contributed by atoms with Crippen LogP contribution in [0.1, 0.15) is 5.56 Å². The van der Waals surface area contributed by atoms with Crippen molar-refractivity contribution in [1.82, 2.24) is 0 Å². The van der Waals surface area contributed by atoms with Gasteiger partial charge in [0.25, 0.3) is 0 Å². The Morgan fingerprint density at radius 3 is 2.31 bits per heavy atom. The Bertz CT molecular complexity index is 1360. The molecule has 0 fully saturated rings. The maximum absolute atomic E-state index is 12.5. The van der Waals surface area contributed by atoms with Gasteiger partial charge in [-0.1, -0.05) is 46.3 Å². The molecule has 0 aliphatic carbocycles. The van der Waals surface area contributed by atoms with E-state index in [1.807, 2.05) is 24.3 Å². The summed E-state index contributed by atoms with van der Waals surface area (Å²) in [6.45, 7) is 1.80. The van der Waals surface area contributed by atoms with Gasteiger partial charge in [0.1, 0.15) is 16.2 Å². The first-order valence-electron chi connectivity index (χ1n) is 8.68. The van der Waals surface area contributed by atoms with E-state index in [2.05, 4.69) is 15.9 Å². The molecule has 0 spiro atoms. The third-order valence-electron chi connectivity index (χ3n) is 4.51. The molecule has 29 heavy (non-hydrogen) atoms. The van der Waals surface area contributed by atoms with E-state index in [-0.39, 0.29) is 10.6 Å². The van der Waals surface area contributed by atoms with E-state index >= 15 is 0 Å². The fourth-order valence-corrected chi connectivity index (χ4v) is 4.30. The van der Waals surface area contributed by atoms with Crippen LogP contribution in [0.3, 0.4) is 0 Å². The van der Waals surface area contributed by atoms with Crippen LogP contribution in [0.15, 0.2) is 91.4 Å². The lowest BCUT2D eigenvalue weighted by molar-refractivity contribution is 0.486. The van der Waals surface area contributed by atoms with E-state index in [1.165, 1.54) is 24.3 Å². The molecular weight excluding hydrogens is 456 g/mol. The third kappa shape index (κ3) is 3.83. The predicted octanol–water partition coefficient (Wildman–Crippen LogP) is 5.30. The smallest absolute Gasteiger partial charge is 0.344 e. The van der Waals surface area contributed by atoms with Gasteiger partial charge in [-0.2, -0.15) is 8.42 Å². The molecular formula is C22H15BrO5S. The summed E-state index contributed by atoms with van der Waals surface area (Å²) >= 11 is 3.38. The molecule has 0 unspecified atom stereocenters. The first-order valence-corrected chi connectivity index (χ1v) is 10.9.